The van der Waals surface area contributed by atoms with Gasteiger partial charge in [-0.15, -0.1) is 11.3 Å². The number of thiazole rings is 1. The molecule has 0 fully saturated rings. The largest absolute Gasteiger partial charge is 0.497 e. The topological polar surface area (TPSA) is 60.5 Å². The molecular weight excluding hydrogens is 355 g/mol. The van der Waals surface area contributed by atoms with Crippen LogP contribution < -0.4 is 14.8 Å². The van der Waals surface area contributed by atoms with Gasteiger partial charge in [0.25, 0.3) is 5.91 Å². The number of benzene rings is 2. The highest BCUT2D eigenvalue weighted by atomic mass is 32.1. The summed E-state index contributed by atoms with van der Waals surface area (Å²) in [5, 5.41) is 5.09. The molecule has 1 amide bonds. The third-order valence-electron chi connectivity index (χ3n) is 3.55. The van der Waals surface area contributed by atoms with Gasteiger partial charge in [-0.1, -0.05) is 12.1 Å². The van der Waals surface area contributed by atoms with Crippen molar-refractivity contribution in [2.45, 2.75) is 13.2 Å². The van der Waals surface area contributed by atoms with Crippen molar-refractivity contribution < 1.29 is 18.7 Å². The number of nitrogens with zero attached hydrogens (tertiary/aromatic N) is 1. The lowest BCUT2D eigenvalue weighted by Gasteiger charge is -2.05. The van der Waals surface area contributed by atoms with Gasteiger partial charge in [0.15, 0.2) is 0 Å². The highest BCUT2D eigenvalue weighted by Crippen LogP contribution is 2.19. The van der Waals surface area contributed by atoms with Crippen LogP contribution in [0.15, 0.2) is 53.9 Å². The number of carbonyl (C=O) groups excluding carboxylic acids is 1. The zero-order valence-corrected chi connectivity index (χ0v) is 14.9. The van der Waals surface area contributed by atoms with E-state index in [-0.39, 0.29) is 24.9 Å². The van der Waals surface area contributed by atoms with Crippen molar-refractivity contribution in [3.8, 4) is 11.5 Å². The monoisotopic (exact) mass is 372 g/mol. The number of amides is 1. The van der Waals surface area contributed by atoms with Crippen molar-refractivity contribution in [1.82, 2.24) is 10.3 Å². The number of halogens is 1. The molecular formula is C19H17FN2O3S. The normalized spacial score (nSPS) is 10.4. The lowest BCUT2D eigenvalue weighted by atomic mass is 10.2. The molecule has 0 radical (unpaired) electrons. The lowest BCUT2D eigenvalue weighted by molar-refractivity contribution is 0.0946. The highest BCUT2D eigenvalue weighted by molar-refractivity contribution is 7.09. The van der Waals surface area contributed by atoms with Gasteiger partial charge in [-0.3, -0.25) is 4.79 Å². The molecule has 0 saturated heterocycles. The molecule has 0 spiro atoms. The van der Waals surface area contributed by atoms with Crippen molar-refractivity contribution in [2.75, 3.05) is 7.11 Å². The third kappa shape index (κ3) is 4.80. The molecule has 5 nitrogen and oxygen atoms in total. The number of nitrogens with one attached hydrogen (secondary N) is 1. The van der Waals surface area contributed by atoms with Crippen LogP contribution >= 0.6 is 11.3 Å². The Kier molecular flexibility index (Phi) is 5.80. The number of ether oxygens (including phenoxy) is 2. The Balaban J connectivity index is 1.52. The minimum Gasteiger partial charge on any atom is -0.497 e. The van der Waals surface area contributed by atoms with Gasteiger partial charge in [-0.2, -0.15) is 0 Å². The Labute approximate surface area is 154 Å². The Bertz CT molecular complexity index is 881. The standard InChI is InChI=1S/C19H17FN2O3S/c1-24-15-5-7-16(8-6-15)25-11-18-22-17(12-26-18)19(23)21-10-13-3-2-4-14(20)9-13/h2-9,12H,10-11H2,1H3,(H,21,23). The smallest absolute Gasteiger partial charge is 0.271 e. The summed E-state index contributed by atoms with van der Waals surface area (Å²) >= 11 is 1.35. The average Bonchev–Trinajstić information content (AvgIpc) is 3.14. The zero-order chi connectivity index (χ0) is 18.4. The quantitative estimate of drug-likeness (QED) is 0.685. The molecule has 134 valence electrons. The summed E-state index contributed by atoms with van der Waals surface area (Å²) in [6, 6.07) is 13.3. The first-order valence-corrected chi connectivity index (χ1v) is 8.76. The van der Waals surface area contributed by atoms with Crippen LogP contribution in [0.5, 0.6) is 11.5 Å². The van der Waals surface area contributed by atoms with E-state index in [4.69, 9.17) is 9.47 Å². The number of aromatic nitrogens is 1. The summed E-state index contributed by atoms with van der Waals surface area (Å²) in [4.78, 5) is 16.4. The van der Waals surface area contributed by atoms with E-state index >= 15 is 0 Å². The summed E-state index contributed by atoms with van der Waals surface area (Å²) < 4.78 is 23.9. The van der Waals surface area contributed by atoms with Crippen LogP contribution in [0.2, 0.25) is 0 Å². The van der Waals surface area contributed by atoms with Gasteiger partial charge >= 0.3 is 0 Å². The molecule has 0 atom stereocenters. The van der Waals surface area contributed by atoms with E-state index in [1.165, 1.54) is 23.5 Å². The second kappa shape index (κ2) is 8.44. The van der Waals surface area contributed by atoms with E-state index in [2.05, 4.69) is 10.3 Å². The van der Waals surface area contributed by atoms with Gasteiger partial charge < -0.3 is 14.8 Å². The second-order valence-corrected chi connectivity index (χ2v) is 6.35. The fourth-order valence-electron chi connectivity index (χ4n) is 2.22. The summed E-state index contributed by atoms with van der Waals surface area (Å²) in [5.74, 6) is 0.812. The minimum atomic E-state index is -0.330. The molecule has 3 aromatic rings. The molecule has 0 saturated carbocycles. The molecule has 0 aliphatic heterocycles. The van der Waals surface area contributed by atoms with Crippen molar-refractivity contribution in [1.29, 1.82) is 0 Å². The first-order valence-electron chi connectivity index (χ1n) is 7.88. The van der Waals surface area contributed by atoms with E-state index < -0.39 is 0 Å². The number of hydrogen-bond acceptors (Lipinski definition) is 5. The maximum Gasteiger partial charge on any atom is 0.271 e. The van der Waals surface area contributed by atoms with Crippen LogP contribution in [0.25, 0.3) is 0 Å². The maximum atomic E-state index is 13.1. The molecule has 1 heterocycles. The van der Waals surface area contributed by atoms with Gasteiger partial charge in [-0.05, 0) is 42.0 Å². The molecule has 0 aliphatic carbocycles. The molecule has 1 N–H and O–H groups in total. The van der Waals surface area contributed by atoms with Crippen LogP contribution in [0.1, 0.15) is 21.1 Å². The number of methoxy groups -OCH3 is 1. The van der Waals surface area contributed by atoms with Crippen LogP contribution in [-0.4, -0.2) is 18.0 Å². The fraction of sp³-hybridized carbons (Fsp3) is 0.158. The van der Waals surface area contributed by atoms with Crippen LogP contribution in [0, 0.1) is 5.82 Å². The van der Waals surface area contributed by atoms with Crippen LogP contribution in [-0.2, 0) is 13.2 Å². The first kappa shape index (κ1) is 17.9. The number of rotatable bonds is 7. The van der Waals surface area contributed by atoms with E-state index in [0.717, 1.165) is 5.75 Å². The summed E-state index contributed by atoms with van der Waals surface area (Å²) in [5.41, 5.74) is 1.01. The molecule has 0 bridgehead atoms. The molecule has 0 unspecified atom stereocenters. The number of hydrogen-bond donors (Lipinski definition) is 1. The fourth-order valence-corrected chi connectivity index (χ4v) is 2.90. The number of carbonyl (C=O) groups is 1. The Morgan fingerprint density at radius 1 is 1.19 bits per heavy atom. The van der Waals surface area contributed by atoms with Crippen molar-refractivity contribution >= 4 is 17.2 Å². The maximum absolute atomic E-state index is 13.1. The Morgan fingerprint density at radius 3 is 2.69 bits per heavy atom. The average molecular weight is 372 g/mol. The molecule has 3 rings (SSSR count). The van der Waals surface area contributed by atoms with Gasteiger partial charge in [0.2, 0.25) is 0 Å². The van der Waals surface area contributed by atoms with E-state index in [1.54, 1.807) is 36.8 Å². The highest BCUT2D eigenvalue weighted by Gasteiger charge is 2.11. The minimum absolute atomic E-state index is 0.242. The van der Waals surface area contributed by atoms with Crippen LogP contribution in [0.3, 0.4) is 0 Å². The molecule has 1 aromatic heterocycles. The predicted molar refractivity (Wildman–Crippen MR) is 97.0 cm³/mol. The van der Waals surface area contributed by atoms with Crippen molar-refractivity contribution in [2.24, 2.45) is 0 Å². The summed E-state index contributed by atoms with van der Waals surface area (Å²) in [7, 11) is 1.60. The third-order valence-corrected chi connectivity index (χ3v) is 4.37. The van der Waals surface area contributed by atoms with E-state index in [9.17, 15) is 9.18 Å². The van der Waals surface area contributed by atoms with Crippen LogP contribution in [0.4, 0.5) is 4.39 Å². The van der Waals surface area contributed by atoms with Gasteiger partial charge in [0.1, 0.15) is 34.6 Å². The predicted octanol–water partition coefficient (Wildman–Crippen LogP) is 3.80. The first-order chi connectivity index (χ1) is 12.6. The van der Waals surface area contributed by atoms with Crippen molar-refractivity contribution in [3.05, 3.63) is 76.0 Å². The second-order valence-electron chi connectivity index (χ2n) is 5.40. The van der Waals surface area contributed by atoms with Gasteiger partial charge in [-0.25, -0.2) is 9.37 Å². The Morgan fingerprint density at radius 2 is 1.96 bits per heavy atom. The van der Waals surface area contributed by atoms with Gasteiger partial charge in [0.05, 0.1) is 7.11 Å². The molecule has 26 heavy (non-hydrogen) atoms. The van der Waals surface area contributed by atoms with E-state index in [0.29, 0.717) is 22.0 Å². The zero-order valence-electron chi connectivity index (χ0n) is 14.1. The van der Waals surface area contributed by atoms with Gasteiger partial charge in [0, 0.05) is 11.9 Å². The van der Waals surface area contributed by atoms with E-state index in [1.807, 2.05) is 12.1 Å². The molecule has 2 aromatic carbocycles. The van der Waals surface area contributed by atoms with Crippen molar-refractivity contribution in [3.63, 3.8) is 0 Å². The summed E-state index contributed by atoms with van der Waals surface area (Å²) in [6.45, 7) is 0.514. The molecule has 0 aliphatic rings. The summed E-state index contributed by atoms with van der Waals surface area (Å²) in [6.07, 6.45) is 0. The Hall–Kier alpha value is -2.93. The molecule has 7 heteroatoms. The lowest BCUT2D eigenvalue weighted by Crippen LogP contribution is -2.23. The SMILES string of the molecule is COc1ccc(OCc2nc(C(=O)NCc3cccc(F)c3)cs2)cc1.